The lowest BCUT2D eigenvalue weighted by atomic mass is 10.1. The average Bonchev–Trinajstić information content (AvgIpc) is 3.37. The Morgan fingerprint density at radius 2 is 1.67 bits per heavy atom. The first kappa shape index (κ1) is 24.9. The third kappa shape index (κ3) is 6.67. The molecule has 0 bridgehead atoms. The van der Waals surface area contributed by atoms with Crippen LogP contribution >= 0.6 is 11.3 Å². The van der Waals surface area contributed by atoms with E-state index in [1.165, 1.54) is 11.3 Å². The second-order valence-corrected chi connectivity index (χ2v) is 9.00. The number of urea groups is 1. The third-order valence-electron chi connectivity index (χ3n) is 5.49. The van der Waals surface area contributed by atoms with E-state index in [1.807, 2.05) is 85.8 Å². The van der Waals surface area contributed by atoms with Gasteiger partial charge in [0.2, 0.25) is 11.0 Å². The maximum Gasteiger partial charge on any atom is 0.319 e. The van der Waals surface area contributed by atoms with Crippen LogP contribution in [0.2, 0.25) is 0 Å². The van der Waals surface area contributed by atoms with Gasteiger partial charge in [0.1, 0.15) is 16.8 Å². The molecule has 3 aromatic carbocycles. The molecule has 9 heteroatoms. The quantitative estimate of drug-likeness (QED) is 0.294. The number of methoxy groups -OCH3 is 1. The van der Waals surface area contributed by atoms with Gasteiger partial charge in [0.05, 0.1) is 7.11 Å². The highest BCUT2D eigenvalue weighted by Gasteiger charge is 2.23. The highest BCUT2D eigenvalue weighted by molar-refractivity contribution is 7.18. The molecule has 0 fully saturated rings. The van der Waals surface area contributed by atoms with Gasteiger partial charge in [-0.1, -0.05) is 60.7 Å². The molecule has 3 amide bonds. The molecule has 1 unspecified atom stereocenters. The van der Waals surface area contributed by atoms with E-state index in [-0.39, 0.29) is 5.91 Å². The number of amides is 3. The van der Waals surface area contributed by atoms with Crippen LogP contribution in [0.5, 0.6) is 5.75 Å². The first-order valence-electron chi connectivity index (χ1n) is 11.5. The number of anilines is 2. The van der Waals surface area contributed by atoms with Crippen LogP contribution in [0.4, 0.5) is 15.6 Å². The summed E-state index contributed by atoms with van der Waals surface area (Å²) in [6, 6.07) is 23.3. The molecule has 0 aliphatic heterocycles. The Morgan fingerprint density at radius 3 is 2.39 bits per heavy atom. The number of nitrogens with zero attached hydrogens (tertiary/aromatic N) is 2. The fraction of sp³-hybridized carbons (Fsp3) is 0.185. The molecular formula is C27H27N5O3S. The Kier molecular flexibility index (Phi) is 8.25. The number of aromatic nitrogens is 2. The summed E-state index contributed by atoms with van der Waals surface area (Å²) in [4.78, 5) is 26.0. The lowest BCUT2D eigenvalue weighted by molar-refractivity contribution is -0.117. The predicted octanol–water partition coefficient (Wildman–Crippen LogP) is 5.15. The van der Waals surface area contributed by atoms with E-state index in [2.05, 4.69) is 26.1 Å². The zero-order valence-corrected chi connectivity index (χ0v) is 20.8. The van der Waals surface area contributed by atoms with Crippen molar-refractivity contribution in [1.82, 2.24) is 15.5 Å². The van der Waals surface area contributed by atoms with Crippen molar-refractivity contribution in [2.24, 2.45) is 0 Å². The van der Waals surface area contributed by atoms with E-state index in [0.29, 0.717) is 22.2 Å². The molecule has 1 aromatic heterocycles. The van der Waals surface area contributed by atoms with Gasteiger partial charge in [-0.15, -0.1) is 10.2 Å². The van der Waals surface area contributed by atoms with E-state index in [1.54, 1.807) is 7.11 Å². The maximum atomic E-state index is 13.2. The molecule has 1 heterocycles. The second kappa shape index (κ2) is 11.9. The molecule has 0 radical (unpaired) electrons. The third-order valence-corrected chi connectivity index (χ3v) is 6.38. The van der Waals surface area contributed by atoms with E-state index in [0.717, 1.165) is 28.9 Å². The number of nitrogens with one attached hydrogen (secondary N) is 3. The molecule has 1 atom stereocenters. The molecule has 0 aliphatic rings. The second-order valence-electron chi connectivity index (χ2n) is 8.02. The average molecular weight is 502 g/mol. The smallest absolute Gasteiger partial charge is 0.319 e. The topological polar surface area (TPSA) is 105 Å². The summed E-state index contributed by atoms with van der Waals surface area (Å²) in [5.74, 6) is 0.361. The molecular weight excluding hydrogens is 474 g/mol. The number of ether oxygens (including phenoxy) is 1. The van der Waals surface area contributed by atoms with Gasteiger partial charge in [0, 0.05) is 17.7 Å². The number of benzene rings is 3. The largest absolute Gasteiger partial charge is 0.497 e. The number of hydrogen-bond acceptors (Lipinski definition) is 6. The minimum atomic E-state index is -0.824. The fourth-order valence-electron chi connectivity index (χ4n) is 3.57. The summed E-state index contributed by atoms with van der Waals surface area (Å²) < 4.78 is 5.19. The number of hydrogen-bond donors (Lipinski definition) is 3. The summed E-state index contributed by atoms with van der Waals surface area (Å²) in [7, 11) is 1.61. The van der Waals surface area contributed by atoms with Gasteiger partial charge >= 0.3 is 6.03 Å². The van der Waals surface area contributed by atoms with Gasteiger partial charge < -0.3 is 15.4 Å². The van der Waals surface area contributed by atoms with Gasteiger partial charge in [0.15, 0.2) is 0 Å². The SMILES string of the molecule is CCc1cccc(NC(=O)NC(Cc2ccccc2)C(=O)Nc2nnc(-c3ccc(OC)cc3)s2)c1. The maximum absolute atomic E-state index is 13.2. The minimum absolute atomic E-state index is 0.319. The van der Waals surface area contributed by atoms with Crippen LogP contribution in [0.25, 0.3) is 10.6 Å². The molecule has 4 aromatic rings. The zero-order valence-electron chi connectivity index (χ0n) is 20.0. The summed E-state index contributed by atoms with van der Waals surface area (Å²) in [5.41, 5.74) is 3.55. The van der Waals surface area contributed by atoms with E-state index < -0.39 is 12.1 Å². The Balaban J connectivity index is 1.46. The molecule has 0 saturated heterocycles. The zero-order chi connectivity index (χ0) is 25.3. The van der Waals surface area contributed by atoms with Gasteiger partial charge in [-0.3, -0.25) is 10.1 Å². The Bertz CT molecular complexity index is 1310. The van der Waals surface area contributed by atoms with E-state index in [9.17, 15) is 9.59 Å². The first-order chi connectivity index (χ1) is 17.5. The molecule has 184 valence electrons. The summed E-state index contributed by atoms with van der Waals surface area (Å²) in [6.45, 7) is 2.05. The van der Waals surface area contributed by atoms with Gasteiger partial charge in [0.25, 0.3) is 0 Å². The standard InChI is InChI=1S/C27H27N5O3S/c1-3-18-10-7-11-21(16-18)28-26(34)29-23(17-19-8-5-4-6-9-19)24(33)30-27-32-31-25(36-27)20-12-14-22(35-2)15-13-20/h4-16,23H,3,17H2,1-2H3,(H2,28,29,34)(H,30,32,33). The van der Waals surface area contributed by atoms with Crippen LogP contribution in [0.3, 0.4) is 0 Å². The van der Waals surface area contributed by atoms with Crippen molar-refractivity contribution in [3.8, 4) is 16.3 Å². The van der Waals surface area contributed by atoms with E-state index >= 15 is 0 Å². The Labute approximate surface area is 213 Å². The van der Waals surface area contributed by atoms with Crippen molar-refractivity contribution in [3.05, 3.63) is 90.0 Å². The molecule has 0 aliphatic carbocycles. The summed E-state index contributed by atoms with van der Waals surface area (Å²) >= 11 is 1.25. The Morgan fingerprint density at radius 1 is 0.917 bits per heavy atom. The van der Waals surface area contributed by atoms with Gasteiger partial charge in [-0.2, -0.15) is 0 Å². The van der Waals surface area contributed by atoms with Crippen molar-refractivity contribution in [2.45, 2.75) is 25.8 Å². The van der Waals surface area contributed by atoms with Crippen LogP contribution in [-0.2, 0) is 17.6 Å². The van der Waals surface area contributed by atoms with Crippen molar-refractivity contribution in [1.29, 1.82) is 0 Å². The van der Waals surface area contributed by atoms with Crippen LogP contribution in [0.15, 0.2) is 78.9 Å². The normalized spacial score (nSPS) is 11.4. The van der Waals surface area contributed by atoms with Crippen LogP contribution in [0.1, 0.15) is 18.1 Å². The van der Waals surface area contributed by atoms with Crippen molar-refractivity contribution in [3.63, 3.8) is 0 Å². The molecule has 36 heavy (non-hydrogen) atoms. The lowest BCUT2D eigenvalue weighted by Crippen LogP contribution is -2.46. The molecule has 0 spiro atoms. The van der Waals surface area contributed by atoms with Gasteiger partial charge in [-0.05, 0) is 53.9 Å². The predicted molar refractivity (Wildman–Crippen MR) is 142 cm³/mol. The first-order valence-corrected chi connectivity index (χ1v) is 12.3. The number of carbonyl (C=O) groups is 2. The van der Waals surface area contributed by atoms with E-state index in [4.69, 9.17) is 4.74 Å². The number of carbonyl (C=O) groups excluding carboxylic acids is 2. The summed E-state index contributed by atoms with van der Waals surface area (Å²) in [5, 5.41) is 17.7. The van der Waals surface area contributed by atoms with Crippen molar-refractivity contribution < 1.29 is 14.3 Å². The molecule has 3 N–H and O–H groups in total. The highest BCUT2D eigenvalue weighted by Crippen LogP contribution is 2.28. The fourth-order valence-corrected chi connectivity index (χ4v) is 4.32. The highest BCUT2D eigenvalue weighted by atomic mass is 32.1. The molecule has 8 nitrogen and oxygen atoms in total. The van der Waals surface area contributed by atoms with Crippen LogP contribution in [0, 0.1) is 0 Å². The van der Waals surface area contributed by atoms with Gasteiger partial charge in [-0.25, -0.2) is 4.79 Å². The molecule has 4 rings (SSSR count). The monoisotopic (exact) mass is 501 g/mol. The minimum Gasteiger partial charge on any atom is -0.497 e. The number of rotatable bonds is 9. The van der Waals surface area contributed by atoms with Crippen molar-refractivity contribution in [2.75, 3.05) is 17.7 Å². The lowest BCUT2D eigenvalue weighted by Gasteiger charge is -2.18. The molecule has 0 saturated carbocycles. The Hall–Kier alpha value is -4.24. The van der Waals surface area contributed by atoms with Crippen molar-refractivity contribution >= 4 is 34.1 Å². The summed E-state index contributed by atoms with van der Waals surface area (Å²) in [6.07, 6.45) is 1.18. The number of aryl methyl sites for hydroxylation is 1. The van der Waals surface area contributed by atoms with Crippen LogP contribution < -0.4 is 20.7 Å². The van der Waals surface area contributed by atoms with Crippen LogP contribution in [-0.4, -0.2) is 35.3 Å².